The Labute approximate surface area is 113 Å². The predicted molar refractivity (Wildman–Crippen MR) is 70.6 cm³/mol. The summed E-state index contributed by atoms with van der Waals surface area (Å²) in [6.07, 6.45) is 5.74. The van der Waals surface area contributed by atoms with Crippen molar-refractivity contribution in [2.24, 2.45) is 17.8 Å². The largest absolute Gasteiger partial charge is 0.444 e. The molecule has 3 rings (SSSR count). The molecule has 4 atom stereocenters. The summed E-state index contributed by atoms with van der Waals surface area (Å²) in [6.45, 7) is 6.20. The van der Waals surface area contributed by atoms with E-state index in [-0.39, 0.29) is 29.8 Å². The van der Waals surface area contributed by atoms with E-state index in [4.69, 9.17) is 4.74 Å². The van der Waals surface area contributed by atoms with Gasteiger partial charge in [-0.1, -0.05) is 12.2 Å². The zero-order valence-electron chi connectivity index (χ0n) is 11.8. The van der Waals surface area contributed by atoms with Gasteiger partial charge in [0.25, 0.3) is 0 Å². The van der Waals surface area contributed by atoms with Crippen LogP contribution in [0.3, 0.4) is 0 Å². The van der Waals surface area contributed by atoms with Gasteiger partial charge in [-0.3, -0.25) is 9.69 Å². The first-order valence-corrected chi connectivity index (χ1v) is 7.08. The molecule has 1 saturated heterocycles. The molecule has 1 heterocycles. The van der Waals surface area contributed by atoms with Crippen LogP contribution in [0.25, 0.3) is 0 Å². The molecule has 104 valence electrons. The van der Waals surface area contributed by atoms with Crippen LogP contribution in [-0.4, -0.2) is 35.0 Å². The number of hydrogen-bond acceptors (Lipinski definition) is 3. The van der Waals surface area contributed by atoms with E-state index < -0.39 is 5.60 Å². The number of Topliss-reactive ketones (excluding diaryl/α,β-unsaturated/α-hetero) is 1. The molecule has 4 bridgehead atoms. The molecule has 3 aliphatic rings. The van der Waals surface area contributed by atoms with Crippen molar-refractivity contribution >= 4 is 11.9 Å². The van der Waals surface area contributed by atoms with Crippen molar-refractivity contribution in [3.63, 3.8) is 0 Å². The lowest BCUT2D eigenvalue weighted by Crippen LogP contribution is -2.59. The van der Waals surface area contributed by atoms with Crippen molar-refractivity contribution in [2.45, 2.75) is 45.3 Å². The summed E-state index contributed by atoms with van der Waals surface area (Å²) >= 11 is 0. The van der Waals surface area contributed by atoms with Crippen LogP contribution in [0.15, 0.2) is 12.2 Å². The first-order valence-electron chi connectivity index (χ1n) is 7.08. The van der Waals surface area contributed by atoms with Gasteiger partial charge in [-0.05, 0) is 39.5 Å². The summed E-state index contributed by atoms with van der Waals surface area (Å²) in [6, 6.07) is -0.288. The number of amides is 1. The van der Waals surface area contributed by atoms with Crippen molar-refractivity contribution in [3.05, 3.63) is 12.2 Å². The predicted octanol–water partition coefficient (Wildman–Crippen LogP) is 2.39. The van der Waals surface area contributed by atoms with E-state index in [1.165, 1.54) is 0 Å². The Balaban J connectivity index is 1.82. The van der Waals surface area contributed by atoms with E-state index in [0.717, 1.165) is 12.8 Å². The van der Waals surface area contributed by atoms with Gasteiger partial charge in [0.1, 0.15) is 11.6 Å². The van der Waals surface area contributed by atoms with Crippen LogP contribution in [0, 0.1) is 17.8 Å². The minimum absolute atomic E-state index is 0.124. The first-order chi connectivity index (χ1) is 8.87. The lowest BCUT2D eigenvalue weighted by Gasteiger charge is -2.45. The Hall–Kier alpha value is -1.32. The fourth-order valence-corrected chi connectivity index (χ4v) is 3.61. The first kappa shape index (κ1) is 12.7. The van der Waals surface area contributed by atoms with E-state index in [2.05, 4.69) is 12.2 Å². The molecule has 0 aromatic heterocycles. The number of carbonyl (C=O) groups excluding carboxylic acids is 2. The number of carbonyl (C=O) groups is 2. The SMILES string of the molecule is CC(C)(C)OC(=O)N1CC[C@H]2C(=O)[C@@H]1[C@@H]1C=C[C@H]2C1. The van der Waals surface area contributed by atoms with Crippen LogP contribution >= 0.6 is 0 Å². The van der Waals surface area contributed by atoms with Crippen molar-refractivity contribution in [3.8, 4) is 0 Å². The van der Waals surface area contributed by atoms with Gasteiger partial charge >= 0.3 is 6.09 Å². The highest BCUT2D eigenvalue weighted by atomic mass is 16.6. The van der Waals surface area contributed by atoms with Crippen LogP contribution in [0.5, 0.6) is 0 Å². The number of piperidine rings is 1. The zero-order valence-corrected chi connectivity index (χ0v) is 11.8. The van der Waals surface area contributed by atoms with E-state index in [1.807, 2.05) is 20.8 Å². The number of likely N-dealkylation sites (tertiary alicyclic amines) is 1. The van der Waals surface area contributed by atoms with Crippen molar-refractivity contribution in [1.29, 1.82) is 0 Å². The molecular formula is C15H21NO3. The topological polar surface area (TPSA) is 46.6 Å². The second kappa shape index (κ2) is 4.09. The van der Waals surface area contributed by atoms with Gasteiger partial charge in [0.05, 0.1) is 0 Å². The number of ether oxygens (including phenoxy) is 1. The van der Waals surface area contributed by atoms with Crippen molar-refractivity contribution < 1.29 is 14.3 Å². The molecule has 4 nitrogen and oxygen atoms in total. The van der Waals surface area contributed by atoms with Crippen LogP contribution < -0.4 is 0 Å². The Kier molecular flexibility index (Phi) is 2.73. The molecule has 4 heteroatoms. The summed E-state index contributed by atoms with van der Waals surface area (Å²) in [5.41, 5.74) is -0.514. The Morgan fingerprint density at radius 3 is 2.68 bits per heavy atom. The third kappa shape index (κ3) is 2.07. The Bertz CT molecular complexity index is 449. The highest BCUT2D eigenvalue weighted by Gasteiger charge is 2.51. The van der Waals surface area contributed by atoms with Gasteiger partial charge in [-0.2, -0.15) is 0 Å². The molecule has 0 N–H and O–H groups in total. The minimum atomic E-state index is -0.514. The molecule has 19 heavy (non-hydrogen) atoms. The highest BCUT2D eigenvalue weighted by molar-refractivity contribution is 5.92. The number of hydrogen-bond donors (Lipinski definition) is 0. The highest BCUT2D eigenvalue weighted by Crippen LogP contribution is 2.45. The average molecular weight is 263 g/mol. The second-order valence-corrected chi connectivity index (χ2v) is 6.86. The number of nitrogens with zero attached hydrogens (tertiary/aromatic N) is 1. The maximum absolute atomic E-state index is 12.5. The molecule has 1 aliphatic heterocycles. The molecule has 0 unspecified atom stereocenters. The molecule has 0 spiro atoms. The molecule has 0 radical (unpaired) electrons. The maximum Gasteiger partial charge on any atom is 0.410 e. The number of allylic oxidation sites excluding steroid dienone is 1. The van der Waals surface area contributed by atoms with Gasteiger partial charge in [0.15, 0.2) is 5.78 Å². The summed E-state index contributed by atoms with van der Waals surface area (Å²) < 4.78 is 5.43. The van der Waals surface area contributed by atoms with E-state index >= 15 is 0 Å². The number of fused-ring (bicyclic) bond motifs is 6. The average Bonchev–Trinajstić information content (AvgIpc) is 2.70. The van der Waals surface area contributed by atoms with Gasteiger partial charge < -0.3 is 4.74 Å². The Morgan fingerprint density at radius 2 is 2.00 bits per heavy atom. The van der Waals surface area contributed by atoms with Crippen LogP contribution in [-0.2, 0) is 9.53 Å². The van der Waals surface area contributed by atoms with E-state index in [1.54, 1.807) is 4.90 Å². The van der Waals surface area contributed by atoms with E-state index in [0.29, 0.717) is 12.5 Å². The van der Waals surface area contributed by atoms with Gasteiger partial charge in [-0.25, -0.2) is 4.79 Å². The number of rotatable bonds is 0. The molecule has 1 amide bonds. The van der Waals surface area contributed by atoms with Crippen molar-refractivity contribution in [1.82, 2.24) is 4.90 Å². The standard InChI is InChI=1S/C15H21NO3/c1-15(2,3)19-14(18)16-7-6-11-9-4-5-10(8-9)12(16)13(11)17/h4-5,9-12H,6-8H2,1-3H3/t9-,10+,11+,12-/m0/s1. The number of ketones is 1. The minimum Gasteiger partial charge on any atom is -0.444 e. The van der Waals surface area contributed by atoms with Gasteiger partial charge in [0.2, 0.25) is 0 Å². The Morgan fingerprint density at radius 1 is 1.32 bits per heavy atom. The fourth-order valence-electron chi connectivity index (χ4n) is 3.61. The monoisotopic (exact) mass is 263 g/mol. The molecule has 2 aliphatic carbocycles. The van der Waals surface area contributed by atoms with Crippen LogP contribution in [0.2, 0.25) is 0 Å². The smallest absolute Gasteiger partial charge is 0.410 e. The van der Waals surface area contributed by atoms with Gasteiger partial charge in [-0.15, -0.1) is 0 Å². The van der Waals surface area contributed by atoms with Crippen molar-refractivity contribution in [2.75, 3.05) is 6.54 Å². The maximum atomic E-state index is 12.5. The lowest BCUT2D eigenvalue weighted by molar-refractivity contribution is -0.138. The lowest BCUT2D eigenvalue weighted by atomic mass is 9.70. The second-order valence-electron chi connectivity index (χ2n) is 6.86. The quantitative estimate of drug-likeness (QED) is 0.630. The summed E-state index contributed by atoms with van der Waals surface area (Å²) in [5, 5.41) is 0. The fraction of sp³-hybridized carbons (Fsp3) is 0.733. The van der Waals surface area contributed by atoms with Crippen LogP contribution in [0.4, 0.5) is 4.79 Å². The summed E-state index contributed by atoms with van der Waals surface area (Å²) in [7, 11) is 0. The zero-order chi connectivity index (χ0) is 13.8. The van der Waals surface area contributed by atoms with Gasteiger partial charge in [0, 0.05) is 18.4 Å². The van der Waals surface area contributed by atoms with Crippen LogP contribution in [0.1, 0.15) is 33.6 Å². The normalized spacial score (nSPS) is 36.6. The summed E-state index contributed by atoms with van der Waals surface area (Å²) in [5.74, 6) is 0.971. The molecule has 0 aromatic carbocycles. The molecule has 2 fully saturated rings. The summed E-state index contributed by atoms with van der Waals surface area (Å²) in [4.78, 5) is 26.4. The molecule has 0 aromatic rings. The van der Waals surface area contributed by atoms with E-state index in [9.17, 15) is 9.59 Å². The molecular weight excluding hydrogens is 242 g/mol. The third-order valence-corrected chi connectivity index (χ3v) is 4.37. The molecule has 1 saturated carbocycles. The third-order valence-electron chi connectivity index (χ3n) is 4.37.